The molecule has 0 saturated heterocycles. The molecule has 2 aromatic heterocycles. The van der Waals surface area contributed by atoms with Crippen LogP contribution in [-0.2, 0) is 10.5 Å². The Morgan fingerprint density at radius 3 is 2.70 bits per heavy atom. The van der Waals surface area contributed by atoms with E-state index in [1.165, 1.54) is 0 Å². The number of nitrogens with zero attached hydrogens (tertiary/aromatic N) is 3. The van der Waals surface area contributed by atoms with Crippen molar-refractivity contribution in [2.45, 2.75) is 24.6 Å². The predicted octanol–water partition coefficient (Wildman–Crippen LogP) is 2.76. The average Bonchev–Trinajstić information content (AvgIpc) is 2.47. The van der Waals surface area contributed by atoms with Crippen LogP contribution in [0.5, 0.6) is 0 Å². The highest BCUT2D eigenvalue weighted by molar-refractivity contribution is 7.98. The van der Waals surface area contributed by atoms with Gasteiger partial charge < -0.3 is 5.32 Å². The van der Waals surface area contributed by atoms with Crippen LogP contribution < -0.4 is 5.32 Å². The third-order valence-electron chi connectivity index (χ3n) is 2.51. The highest BCUT2D eigenvalue weighted by Gasteiger charge is 2.08. The maximum absolute atomic E-state index is 11.5. The second-order valence-corrected chi connectivity index (χ2v) is 5.51. The summed E-state index contributed by atoms with van der Waals surface area (Å²) in [5, 5.41) is 11.6. The van der Waals surface area contributed by atoms with Gasteiger partial charge in [0.15, 0.2) is 5.82 Å². The van der Waals surface area contributed by atoms with Gasteiger partial charge in [-0.1, -0.05) is 31.7 Å². The Labute approximate surface area is 122 Å². The molecule has 0 radical (unpaired) electrons. The Morgan fingerprint density at radius 1 is 1.25 bits per heavy atom. The second-order valence-electron chi connectivity index (χ2n) is 4.51. The lowest BCUT2D eigenvalue weighted by Gasteiger charge is -2.06. The van der Waals surface area contributed by atoms with Crippen LogP contribution in [0.15, 0.2) is 41.6 Å². The first kappa shape index (κ1) is 14.5. The van der Waals surface area contributed by atoms with E-state index in [2.05, 4.69) is 20.5 Å². The van der Waals surface area contributed by atoms with Crippen molar-refractivity contribution in [2.24, 2.45) is 5.92 Å². The zero-order valence-electron chi connectivity index (χ0n) is 11.4. The van der Waals surface area contributed by atoms with Gasteiger partial charge in [0.05, 0.1) is 5.69 Å². The van der Waals surface area contributed by atoms with Crippen molar-refractivity contribution in [1.82, 2.24) is 15.2 Å². The molecule has 0 spiro atoms. The molecular weight excluding hydrogens is 272 g/mol. The maximum Gasteiger partial charge on any atom is 0.228 e. The minimum atomic E-state index is -0.0741. The maximum atomic E-state index is 11.5. The van der Waals surface area contributed by atoms with Gasteiger partial charge >= 0.3 is 0 Å². The van der Waals surface area contributed by atoms with Gasteiger partial charge in [0.25, 0.3) is 0 Å². The van der Waals surface area contributed by atoms with Crippen LogP contribution in [0.4, 0.5) is 5.82 Å². The molecule has 0 fully saturated rings. The molecule has 0 saturated carbocycles. The molecule has 2 rings (SSSR count). The number of aromatic nitrogens is 3. The van der Waals surface area contributed by atoms with Crippen LogP contribution in [0.1, 0.15) is 19.5 Å². The molecule has 2 heterocycles. The largest absolute Gasteiger partial charge is 0.309 e. The second kappa shape index (κ2) is 7.00. The molecule has 0 aliphatic rings. The lowest BCUT2D eigenvalue weighted by Crippen LogP contribution is -2.18. The first-order chi connectivity index (χ1) is 9.65. The summed E-state index contributed by atoms with van der Waals surface area (Å²) in [4.78, 5) is 15.8. The molecule has 5 nitrogen and oxygen atoms in total. The molecule has 0 aliphatic heterocycles. The molecule has 0 atom stereocenters. The highest BCUT2D eigenvalue weighted by atomic mass is 32.2. The van der Waals surface area contributed by atoms with Gasteiger partial charge in [0, 0.05) is 17.9 Å². The first-order valence-electron chi connectivity index (χ1n) is 6.32. The average molecular weight is 288 g/mol. The molecule has 0 unspecified atom stereocenters. The van der Waals surface area contributed by atoms with Crippen LogP contribution in [0.3, 0.4) is 0 Å². The number of carbonyl (C=O) groups is 1. The van der Waals surface area contributed by atoms with E-state index in [1.54, 1.807) is 24.0 Å². The molecule has 6 heteroatoms. The van der Waals surface area contributed by atoms with Crippen LogP contribution in [-0.4, -0.2) is 21.1 Å². The SMILES string of the molecule is CC(C)C(=O)Nc1ccc(SCc2ccccn2)nn1. The zero-order valence-corrected chi connectivity index (χ0v) is 12.2. The third kappa shape index (κ3) is 4.31. The number of amides is 1. The highest BCUT2D eigenvalue weighted by Crippen LogP contribution is 2.19. The number of nitrogens with one attached hydrogen (secondary N) is 1. The normalized spacial score (nSPS) is 10.6. The van der Waals surface area contributed by atoms with Crippen molar-refractivity contribution in [1.29, 1.82) is 0 Å². The molecule has 1 amide bonds. The van der Waals surface area contributed by atoms with Gasteiger partial charge in [0.2, 0.25) is 5.91 Å². The summed E-state index contributed by atoms with van der Waals surface area (Å²) in [6.45, 7) is 3.67. The van der Waals surface area contributed by atoms with Crippen LogP contribution >= 0.6 is 11.8 Å². The van der Waals surface area contributed by atoms with Gasteiger partial charge in [0.1, 0.15) is 5.03 Å². The Hall–Kier alpha value is -1.95. The fraction of sp³-hybridized carbons (Fsp3) is 0.286. The van der Waals surface area contributed by atoms with Gasteiger partial charge in [-0.05, 0) is 24.3 Å². The molecule has 0 aliphatic carbocycles. The Morgan fingerprint density at radius 2 is 2.10 bits per heavy atom. The Balaban J connectivity index is 1.90. The van der Waals surface area contributed by atoms with Crippen molar-refractivity contribution in [3.05, 3.63) is 42.2 Å². The van der Waals surface area contributed by atoms with Crippen molar-refractivity contribution < 1.29 is 4.79 Å². The summed E-state index contributed by atoms with van der Waals surface area (Å²) in [6.07, 6.45) is 1.77. The van der Waals surface area contributed by atoms with Crippen molar-refractivity contribution >= 4 is 23.5 Å². The van der Waals surface area contributed by atoms with Gasteiger partial charge in [-0.2, -0.15) is 0 Å². The predicted molar refractivity (Wildman–Crippen MR) is 79.3 cm³/mol. The standard InChI is InChI=1S/C14H16N4OS/c1-10(2)14(19)16-12-6-7-13(18-17-12)20-9-11-5-3-4-8-15-11/h3-8,10H,9H2,1-2H3,(H,16,17,19). The minimum absolute atomic E-state index is 0.0619. The monoisotopic (exact) mass is 288 g/mol. The lowest BCUT2D eigenvalue weighted by atomic mass is 10.2. The van der Waals surface area contributed by atoms with Crippen LogP contribution in [0, 0.1) is 5.92 Å². The molecule has 20 heavy (non-hydrogen) atoms. The van der Waals surface area contributed by atoms with Crippen molar-refractivity contribution in [3.63, 3.8) is 0 Å². The molecule has 1 N–H and O–H groups in total. The van der Waals surface area contributed by atoms with E-state index < -0.39 is 0 Å². The van der Waals surface area contributed by atoms with Gasteiger partial charge in [-0.15, -0.1) is 10.2 Å². The molecular formula is C14H16N4OS. The van der Waals surface area contributed by atoms with E-state index >= 15 is 0 Å². The number of anilines is 1. The van der Waals surface area contributed by atoms with Crippen molar-refractivity contribution in [2.75, 3.05) is 5.32 Å². The quantitative estimate of drug-likeness (QED) is 0.857. The molecule has 2 aromatic rings. The first-order valence-corrected chi connectivity index (χ1v) is 7.31. The lowest BCUT2D eigenvalue weighted by molar-refractivity contribution is -0.118. The number of pyridine rings is 1. The Kier molecular flexibility index (Phi) is 5.06. The fourth-order valence-electron chi connectivity index (χ4n) is 1.37. The third-order valence-corrected chi connectivity index (χ3v) is 3.46. The topological polar surface area (TPSA) is 67.8 Å². The van der Waals surface area contributed by atoms with Crippen LogP contribution in [0.25, 0.3) is 0 Å². The number of hydrogen-bond donors (Lipinski definition) is 1. The van der Waals surface area contributed by atoms with Gasteiger partial charge in [-0.25, -0.2) is 0 Å². The molecule has 0 aromatic carbocycles. The summed E-state index contributed by atoms with van der Waals surface area (Å²) in [5.74, 6) is 1.09. The summed E-state index contributed by atoms with van der Waals surface area (Å²) >= 11 is 1.56. The fourth-order valence-corrected chi connectivity index (χ4v) is 2.09. The van der Waals surface area contributed by atoms with E-state index in [1.807, 2.05) is 38.1 Å². The number of rotatable bonds is 5. The van der Waals surface area contributed by atoms with E-state index in [-0.39, 0.29) is 11.8 Å². The molecule has 104 valence electrons. The smallest absolute Gasteiger partial charge is 0.228 e. The van der Waals surface area contributed by atoms with E-state index in [0.717, 1.165) is 16.5 Å². The van der Waals surface area contributed by atoms with E-state index in [0.29, 0.717) is 5.82 Å². The number of carbonyl (C=O) groups excluding carboxylic acids is 1. The zero-order chi connectivity index (χ0) is 14.4. The number of thioether (sulfide) groups is 1. The number of hydrogen-bond acceptors (Lipinski definition) is 5. The minimum Gasteiger partial charge on any atom is -0.309 e. The van der Waals surface area contributed by atoms with E-state index in [9.17, 15) is 4.79 Å². The van der Waals surface area contributed by atoms with Crippen molar-refractivity contribution in [3.8, 4) is 0 Å². The Bertz CT molecular complexity index is 557. The summed E-state index contributed by atoms with van der Waals surface area (Å²) in [5.41, 5.74) is 0.997. The summed E-state index contributed by atoms with van der Waals surface area (Å²) in [6, 6.07) is 9.42. The summed E-state index contributed by atoms with van der Waals surface area (Å²) in [7, 11) is 0. The molecule has 0 bridgehead atoms. The van der Waals surface area contributed by atoms with Gasteiger partial charge in [-0.3, -0.25) is 9.78 Å². The van der Waals surface area contributed by atoms with Crippen LogP contribution in [0.2, 0.25) is 0 Å². The van der Waals surface area contributed by atoms with E-state index in [4.69, 9.17) is 0 Å². The summed E-state index contributed by atoms with van der Waals surface area (Å²) < 4.78 is 0.